The number of carbonyl (C=O) groups excluding carboxylic acids is 1. The van der Waals surface area contributed by atoms with Gasteiger partial charge in [-0.15, -0.1) is 0 Å². The molecule has 1 saturated heterocycles. The topological polar surface area (TPSA) is 99.5 Å². The van der Waals surface area contributed by atoms with Gasteiger partial charge < -0.3 is 20.9 Å². The van der Waals surface area contributed by atoms with E-state index >= 15 is 0 Å². The Labute approximate surface area is 201 Å². The summed E-state index contributed by atoms with van der Waals surface area (Å²) in [5.74, 6) is 1.35. The first-order valence-corrected chi connectivity index (χ1v) is 11.8. The molecule has 0 spiro atoms. The monoisotopic (exact) mass is 482 g/mol. The number of halogens is 2. The number of amides is 1. The second kappa shape index (κ2) is 9.95. The first-order chi connectivity index (χ1) is 17.0. The molecule has 0 atom stereocenters. The fourth-order valence-electron chi connectivity index (χ4n) is 4.50. The first-order valence-electron chi connectivity index (χ1n) is 11.8. The number of rotatable bonds is 7. The summed E-state index contributed by atoms with van der Waals surface area (Å²) in [6.07, 6.45) is 6.71. The molecule has 0 unspecified atom stereocenters. The minimum absolute atomic E-state index is 0.196. The van der Waals surface area contributed by atoms with Crippen LogP contribution in [0.1, 0.15) is 34.5 Å². The van der Waals surface area contributed by atoms with Crippen molar-refractivity contribution in [2.45, 2.75) is 19.3 Å². The van der Waals surface area contributed by atoms with Crippen molar-refractivity contribution in [1.29, 1.82) is 0 Å². The van der Waals surface area contributed by atoms with Gasteiger partial charge in [-0.1, -0.05) is 6.08 Å². The third-order valence-electron chi connectivity index (χ3n) is 6.51. The molecular formula is C24H28F2N8O. The van der Waals surface area contributed by atoms with Gasteiger partial charge in [-0.3, -0.25) is 9.20 Å². The lowest BCUT2D eigenvalue weighted by atomic mass is 9.97. The Kier molecular flexibility index (Phi) is 6.58. The van der Waals surface area contributed by atoms with E-state index in [1.807, 2.05) is 12.1 Å². The van der Waals surface area contributed by atoms with E-state index in [-0.39, 0.29) is 5.69 Å². The van der Waals surface area contributed by atoms with Crippen LogP contribution in [0.2, 0.25) is 0 Å². The van der Waals surface area contributed by atoms with Crippen molar-refractivity contribution in [2.24, 2.45) is 5.92 Å². The Morgan fingerprint density at radius 1 is 1.23 bits per heavy atom. The third kappa shape index (κ3) is 5.09. The molecule has 11 heteroatoms. The summed E-state index contributed by atoms with van der Waals surface area (Å²) in [5.41, 5.74) is 3.37. The average molecular weight is 483 g/mol. The number of alkyl halides is 2. The molecule has 3 aromatic rings. The molecule has 0 aliphatic carbocycles. The molecule has 2 aliphatic rings. The summed E-state index contributed by atoms with van der Waals surface area (Å²) < 4.78 is 26.6. The maximum Gasteiger partial charge on any atom is 0.270 e. The maximum absolute atomic E-state index is 12.5. The lowest BCUT2D eigenvalue weighted by Crippen LogP contribution is -2.33. The van der Waals surface area contributed by atoms with Gasteiger partial charge in [-0.25, -0.2) is 18.7 Å². The highest BCUT2D eigenvalue weighted by molar-refractivity contribution is 5.93. The largest absolute Gasteiger partial charge is 0.366 e. The summed E-state index contributed by atoms with van der Waals surface area (Å²) in [4.78, 5) is 28.2. The highest BCUT2D eigenvalue weighted by atomic mass is 19.3. The van der Waals surface area contributed by atoms with Crippen LogP contribution >= 0.6 is 0 Å². The van der Waals surface area contributed by atoms with E-state index < -0.39 is 18.9 Å². The zero-order chi connectivity index (χ0) is 24.4. The molecule has 0 radical (unpaired) electrons. The molecule has 0 aromatic carbocycles. The predicted octanol–water partition coefficient (Wildman–Crippen LogP) is 2.73. The quantitative estimate of drug-likeness (QED) is 0.476. The molecule has 9 nitrogen and oxygen atoms in total. The summed E-state index contributed by atoms with van der Waals surface area (Å²) in [5, 5.41) is 8.92. The van der Waals surface area contributed by atoms with Crippen LogP contribution in [-0.4, -0.2) is 76.4 Å². The van der Waals surface area contributed by atoms with E-state index in [1.54, 1.807) is 22.9 Å². The zero-order valence-corrected chi connectivity index (χ0v) is 19.5. The van der Waals surface area contributed by atoms with Crippen molar-refractivity contribution < 1.29 is 13.6 Å². The van der Waals surface area contributed by atoms with E-state index in [0.717, 1.165) is 42.2 Å². The summed E-state index contributed by atoms with van der Waals surface area (Å²) in [7, 11) is 2.15. The molecule has 0 bridgehead atoms. The van der Waals surface area contributed by atoms with Crippen LogP contribution in [0.25, 0.3) is 11.2 Å². The Morgan fingerprint density at radius 3 is 2.86 bits per heavy atom. The van der Waals surface area contributed by atoms with Crippen molar-refractivity contribution >= 4 is 28.9 Å². The van der Waals surface area contributed by atoms with Gasteiger partial charge in [0.2, 0.25) is 5.95 Å². The van der Waals surface area contributed by atoms with Gasteiger partial charge in [-0.2, -0.15) is 4.98 Å². The van der Waals surface area contributed by atoms with Gasteiger partial charge in [0.1, 0.15) is 17.2 Å². The van der Waals surface area contributed by atoms with Gasteiger partial charge in [-0.05, 0) is 62.2 Å². The number of aromatic nitrogens is 4. The molecule has 184 valence electrons. The van der Waals surface area contributed by atoms with Gasteiger partial charge in [0.15, 0.2) is 0 Å². The van der Waals surface area contributed by atoms with Crippen LogP contribution in [-0.2, 0) is 0 Å². The van der Waals surface area contributed by atoms with Crippen LogP contribution in [0.5, 0.6) is 0 Å². The smallest absolute Gasteiger partial charge is 0.270 e. The van der Waals surface area contributed by atoms with Gasteiger partial charge in [0.25, 0.3) is 12.3 Å². The molecule has 5 heterocycles. The summed E-state index contributed by atoms with van der Waals surface area (Å²) in [6, 6.07) is 3.70. The number of imidazole rings is 1. The van der Waals surface area contributed by atoms with Gasteiger partial charge >= 0.3 is 0 Å². The molecular weight excluding hydrogens is 454 g/mol. The lowest BCUT2D eigenvalue weighted by Gasteiger charge is -2.29. The van der Waals surface area contributed by atoms with Crippen molar-refractivity contribution in [3.05, 3.63) is 53.6 Å². The molecule has 3 N–H and O–H groups in total. The Hall–Kier alpha value is -3.60. The number of nitrogens with one attached hydrogen (secondary N) is 3. The Balaban J connectivity index is 1.34. The zero-order valence-electron chi connectivity index (χ0n) is 19.5. The molecule has 35 heavy (non-hydrogen) atoms. The fourth-order valence-corrected chi connectivity index (χ4v) is 4.50. The second-order valence-corrected chi connectivity index (χ2v) is 8.97. The van der Waals surface area contributed by atoms with Crippen LogP contribution in [0.3, 0.4) is 0 Å². The van der Waals surface area contributed by atoms with E-state index in [1.165, 1.54) is 19.0 Å². The molecule has 2 aliphatic heterocycles. The minimum atomic E-state index is -2.62. The number of fused-ring (bicyclic) bond motifs is 2. The van der Waals surface area contributed by atoms with E-state index in [0.29, 0.717) is 24.1 Å². The van der Waals surface area contributed by atoms with Gasteiger partial charge in [0.05, 0.1) is 12.7 Å². The highest BCUT2D eigenvalue weighted by Gasteiger charge is 2.20. The summed E-state index contributed by atoms with van der Waals surface area (Å²) >= 11 is 0. The van der Waals surface area contributed by atoms with Crippen molar-refractivity contribution in [3.63, 3.8) is 0 Å². The number of likely N-dealkylation sites (tertiary alicyclic amines) is 1. The van der Waals surface area contributed by atoms with Crippen molar-refractivity contribution in [2.75, 3.05) is 50.4 Å². The fraction of sp³-hybridized carbons (Fsp3) is 0.417. The lowest BCUT2D eigenvalue weighted by molar-refractivity contribution is 0.0886. The number of anilines is 2. The van der Waals surface area contributed by atoms with Crippen LogP contribution in [0.15, 0.2) is 36.8 Å². The SMILES string of the molecule is CN1CCC(CNc2ncc3c(n2)NCC=C3c2ccc3ncc(C(=O)NCC(F)F)n3c2)CC1. The summed E-state index contributed by atoms with van der Waals surface area (Å²) in [6.45, 7) is 2.97. The van der Waals surface area contributed by atoms with Crippen LogP contribution in [0.4, 0.5) is 20.5 Å². The van der Waals surface area contributed by atoms with Crippen LogP contribution < -0.4 is 16.0 Å². The molecule has 5 rings (SSSR count). The van der Waals surface area contributed by atoms with Crippen molar-refractivity contribution in [1.82, 2.24) is 29.6 Å². The van der Waals surface area contributed by atoms with Crippen LogP contribution in [0, 0.1) is 5.92 Å². The molecule has 3 aromatic heterocycles. The molecule has 1 amide bonds. The third-order valence-corrected chi connectivity index (χ3v) is 6.51. The van der Waals surface area contributed by atoms with E-state index in [2.05, 4.69) is 42.8 Å². The number of pyridine rings is 1. The number of carbonyl (C=O) groups is 1. The Morgan fingerprint density at radius 2 is 2.06 bits per heavy atom. The highest BCUT2D eigenvalue weighted by Crippen LogP contribution is 2.31. The molecule has 0 saturated carbocycles. The Bertz CT molecular complexity index is 1250. The van der Waals surface area contributed by atoms with Crippen molar-refractivity contribution in [3.8, 4) is 0 Å². The number of hydrogen-bond donors (Lipinski definition) is 3. The maximum atomic E-state index is 12.5. The molecule has 1 fully saturated rings. The predicted molar refractivity (Wildman–Crippen MR) is 130 cm³/mol. The second-order valence-electron chi connectivity index (χ2n) is 8.97. The standard InChI is InChI=1S/C24H28F2N8O/c1-33-8-5-15(6-9-33)10-30-24-31-11-18-17(4-7-27-22(18)32-24)16-2-3-21-28-12-19(34(21)14-16)23(35)29-13-20(25)26/h2-4,11-12,14-15,20H,5-10,13H2,1H3,(H,29,35)(H2,27,30,31,32). The first kappa shape index (κ1) is 23.2. The number of piperidine rings is 1. The number of nitrogens with zero attached hydrogens (tertiary/aromatic N) is 5. The minimum Gasteiger partial charge on any atom is -0.366 e. The van der Waals surface area contributed by atoms with E-state index in [9.17, 15) is 13.6 Å². The number of hydrogen-bond acceptors (Lipinski definition) is 7. The normalized spacial score (nSPS) is 16.6. The average Bonchev–Trinajstić information content (AvgIpc) is 3.30. The van der Waals surface area contributed by atoms with Gasteiger partial charge in [0, 0.05) is 31.0 Å². The van der Waals surface area contributed by atoms with E-state index in [4.69, 9.17) is 0 Å².